The predicted molar refractivity (Wildman–Crippen MR) is 174 cm³/mol. The number of anilines is 1. The van der Waals surface area contributed by atoms with Crippen molar-refractivity contribution in [3.63, 3.8) is 0 Å². The Labute approximate surface area is 270 Å². The molecule has 0 aromatic heterocycles. The lowest BCUT2D eigenvalue weighted by atomic mass is 10.0. The third-order valence-electron chi connectivity index (χ3n) is 6.81. The summed E-state index contributed by atoms with van der Waals surface area (Å²) in [5.74, 6) is -1.75. The number of aliphatic carboxylic acids is 1. The number of benzene rings is 2. The number of hydrogen-bond acceptors (Lipinski definition) is 8. The molecule has 0 radical (unpaired) electrons. The zero-order valence-electron chi connectivity index (χ0n) is 27.7. The molecule has 12 heteroatoms. The molecule has 1 heterocycles. The van der Waals surface area contributed by atoms with E-state index in [1.54, 1.807) is 102 Å². The zero-order chi connectivity index (χ0) is 34.1. The average molecular weight is 639 g/mol. The maximum atomic E-state index is 13.4. The standard InChI is InChI=1S/C34H46N4O8/c1-24(36-19-21-44-22-20-36)23-37(32(43)46-34(5,6)7)29(30(40)41)26-16-13-25(14-17-26)15-18-28(39)38(27-11-9-8-10-12-27)35-31(42)45-33(2,3)4/h8-18,24,29H,19-23H2,1-7H3,(H,35,42)(H,40,41). The third kappa shape index (κ3) is 11.2. The van der Waals surface area contributed by atoms with Gasteiger partial charge in [-0.15, -0.1) is 0 Å². The van der Waals surface area contributed by atoms with E-state index in [0.29, 0.717) is 43.1 Å². The Morgan fingerprint density at radius 1 is 0.935 bits per heavy atom. The number of amides is 3. The van der Waals surface area contributed by atoms with E-state index in [-0.39, 0.29) is 12.6 Å². The van der Waals surface area contributed by atoms with Gasteiger partial charge in [0.05, 0.1) is 18.9 Å². The van der Waals surface area contributed by atoms with E-state index in [2.05, 4.69) is 10.3 Å². The smallest absolute Gasteiger partial charge is 0.427 e. The average Bonchev–Trinajstić information content (AvgIpc) is 2.98. The Morgan fingerprint density at radius 3 is 2.07 bits per heavy atom. The number of ether oxygens (including phenoxy) is 3. The van der Waals surface area contributed by atoms with E-state index in [1.165, 1.54) is 11.0 Å². The number of nitrogens with zero attached hydrogens (tertiary/aromatic N) is 3. The van der Waals surface area contributed by atoms with Gasteiger partial charge in [0.1, 0.15) is 11.2 Å². The van der Waals surface area contributed by atoms with Crippen LogP contribution in [-0.4, -0.2) is 89.1 Å². The number of carboxylic acid groups (broad SMARTS) is 1. The highest BCUT2D eigenvalue weighted by molar-refractivity contribution is 6.04. The second kappa shape index (κ2) is 15.7. The number of nitrogens with one attached hydrogen (secondary N) is 1. The quantitative estimate of drug-likeness (QED) is 0.278. The Kier molecular flexibility index (Phi) is 12.3. The van der Waals surface area contributed by atoms with Crippen LogP contribution in [0, 0.1) is 0 Å². The normalized spacial score (nSPS) is 15.5. The number of morpholine rings is 1. The molecule has 0 bridgehead atoms. The van der Waals surface area contributed by atoms with Crippen molar-refractivity contribution in [1.29, 1.82) is 0 Å². The summed E-state index contributed by atoms with van der Waals surface area (Å²) >= 11 is 0. The van der Waals surface area contributed by atoms with Crippen molar-refractivity contribution in [3.05, 3.63) is 71.8 Å². The van der Waals surface area contributed by atoms with Gasteiger partial charge in [0.2, 0.25) is 0 Å². The second-order valence-corrected chi connectivity index (χ2v) is 13.0. The number of hydrazine groups is 1. The maximum Gasteiger partial charge on any atom is 0.427 e. The number of carbonyl (C=O) groups excluding carboxylic acids is 3. The topological polar surface area (TPSA) is 138 Å². The lowest BCUT2D eigenvalue weighted by Crippen LogP contribution is -2.51. The van der Waals surface area contributed by atoms with E-state index in [1.807, 2.05) is 6.92 Å². The minimum absolute atomic E-state index is 0.127. The largest absolute Gasteiger partial charge is 0.479 e. The van der Waals surface area contributed by atoms with Crippen molar-refractivity contribution in [2.24, 2.45) is 0 Å². The molecular weight excluding hydrogens is 592 g/mol. The fourth-order valence-electron chi connectivity index (χ4n) is 4.73. The van der Waals surface area contributed by atoms with Crippen LogP contribution in [0.2, 0.25) is 0 Å². The summed E-state index contributed by atoms with van der Waals surface area (Å²) < 4.78 is 16.4. The van der Waals surface area contributed by atoms with Crippen molar-refractivity contribution in [2.75, 3.05) is 37.9 Å². The van der Waals surface area contributed by atoms with Gasteiger partial charge in [0.25, 0.3) is 5.91 Å². The number of carboxylic acids is 1. The summed E-state index contributed by atoms with van der Waals surface area (Å²) in [6.07, 6.45) is 1.30. The first-order chi connectivity index (χ1) is 21.5. The summed E-state index contributed by atoms with van der Waals surface area (Å²) in [7, 11) is 0. The number of rotatable bonds is 9. The van der Waals surface area contributed by atoms with Crippen LogP contribution in [0.15, 0.2) is 60.7 Å². The van der Waals surface area contributed by atoms with Crippen LogP contribution in [0.1, 0.15) is 65.6 Å². The van der Waals surface area contributed by atoms with Crippen LogP contribution >= 0.6 is 0 Å². The highest BCUT2D eigenvalue weighted by Gasteiger charge is 2.36. The molecule has 2 aromatic rings. The van der Waals surface area contributed by atoms with Crippen LogP contribution in [0.25, 0.3) is 6.08 Å². The Bertz CT molecular complexity index is 1360. The Morgan fingerprint density at radius 2 is 1.52 bits per heavy atom. The monoisotopic (exact) mass is 638 g/mol. The zero-order valence-corrected chi connectivity index (χ0v) is 27.7. The first-order valence-electron chi connectivity index (χ1n) is 15.2. The van der Waals surface area contributed by atoms with Crippen LogP contribution in [0.4, 0.5) is 15.3 Å². The van der Waals surface area contributed by atoms with Crippen molar-refractivity contribution in [1.82, 2.24) is 15.2 Å². The van der Waals surface area contributed by atoms with Gasteiger partial charge in [-0.05, 0) is 77.8 Å². The molecule has 2 unspecified atom stereocenters. The van der Waals surface area contributed by atoms with Gasteiger partial charge in [-0.1, -0.05) is 42.5 Å². The Hall–Kier alpha value is -4.42. The molecule has 12 nitrogen and oxygen atoms in total. The van der Waals surface area contributed by atoms with Crippen LogP contribution < -0.4 is 10.4 Å². The van der Waals surface area contributed by atoms with E-state index >= 15 is 0 Å². The molecule has 3 rings (SSSR count). The number of para-hydroxylation sites is 1. The predicted octanol–water partition coefficient (Wildman–Crippen LogP) is 5.26. The van der Waals surface area contributed by atoms with E-state index in [4.69, 9.17) is 14.2 Å². The van der Waals surface area contributed by atoms with Gasteiger partial charge in [0, 0.05) is 31.8 Å². The van der Waals surface area contributed by atoms with E-state index < -0.39 is 41.3 Å². The summed E-state index contributed by atoms with van der Waals surface area (Å²) in [5, 5.41) is 11.4. The molecule has 0 saturated carbocycles. The summed E-state index contributed by atoms with van der Waals surface area (Å²) in [6.45, 7) is 14.9. The third-order valence-corrected chi connectivity index (χ3v) is 6.81. The Balaban J connectivity index is 1.84. The molecule has 2 atom stereocenters. The molecule has 1 aliphatic rings. The molecule has 0 spiro atoms. The molecule has 1 fully saturated rings. The van der Waals surface area contributed by atoms with Crippen molar-refractivity contribution in [3.8, 4) is 0 Å². The van der Waals surface area contributed by atoms with Gasteiger partial charge in [-0.25, -0.2) is 24.8 Å². The molecular formula is C34H46N4O8. The highest BCUT2D eigenvalue weighted by Crippen LogP contribution is 2.26. The second-order valence-electron chi connectivity index (χ2n) is 13.0. The molecule has 2 aromatic carbocycles. The first kappa shape index (κ1) is 36.1. The first-order valence-corrected chi connectivity index (χ1v) is 15.2. The molecule has 46 heavy (non-hydrogen) atoms. The molecule has 0 aliphatic carbocycles. The number of hydrogen-bond donors (Lipinski definition) is 2. The maximum absolute atomic E-state index is 13.4. The summed E-state index contributed by atoms with van der Waals surface area (Å²) in [5.41, 5.74) is 2.29. The highest BCUT2D eigenvalue weighted by atomic mass is 16.6. The van der Waals surface area contributed by atoms with Crippen molar-refractivity contribution in [2.45, 2.75) is 71.8 Å². The van der Waals surface area contributed by atoms with Gasteiger partial charge >= 0.3 is 18.2 Å². The van der Waals surface area contributed by atoms with Gasteiger partial charge in [0.15, 0.2) is 6.04 Å². The lowest BCUT2D eigenvalue weighted by Gasteiger charge is -2.38. The molecule has 250 valence electrons. The van der Waals surface area contributed by atoms with Crippen molar-refractivity contribution >= 4 is 35.8 Å². The molecule has 1 aliphatic heterocycles. The molecule has 1 saturated heterocycles. The van der Waals surface area contributed by atoms with Crippen molar-refractivity contribution < 1.29 is 38.5 Å². The molecule has 2 N–H and O–H groups in total. The minimum atomic E-state index is -1.32. The fraction of sp³-hybridized carbons (Fsp3) is 0.471. The van der Waals surface area contributed by atoms with Crippen LogP contribution in [0.3, 0.4) is 0 Å². The fourth-order valence-corrected chi connectivity index (χ4v) is 4.73. The van der Waals surface area contributed by atoms with E-state index in [0.717, 1.165) is 5.01 Å². The van der Waals surface area contributed by atoms with Crippen LogP contribution in [-0.2, 0) is 23.8 Å². The summed E-state index contributed by atoms with van der Waals surface area (Å²) in [4.78, 5) is 55.1. The lowest BCUT2D eigenvalue weighted by molar-refractivity contribution is -0.144. The van der Waals surface area contributed by atoms with Gasteiger partial charge in [-0.3, -0.25) is 14.6 Å². The van der Waals surface area contributed by atoms with Gasteiger partial charge < -0.3 is 19.3 Å². The van der Waals surface area contributed by atoms with Crippen LogP contribution in [0.5, 0.6) is 0 Å². The SMILES string of the molecule is CC(CN(C(=O)OC(C)(C)C)C(C(=O)O)c1ccc(C=CC(=O)N(NC(=O)OC(C)(C)C)c2ccccc2)cc1)N1CCOCC1. The molecule has 3 amide bonds. The van der Waals surface area contributed by atoms with Gasteiger partial charge in [-0.2, -0.15) is 0 Å². The minimum Gasteiger partial charge on any atom is -0.479 e. The number of carbonyl (C=O) groups is 4. The summed E-state index contributed by atoms with van der Waals surface area (Å²) in [6, 6.07) is 13.6. The van der Waals surface area contributed by atoms with E-state index in [9.17, 15) is 24.3 Å².